The maximum Gasteiger partial charge on any atom is 0.0471 e. The fourth-order valence-corrected chi connectivity index (χ4v) is 9.33. The zero-order chi connectivity index (χ0) is 21.3. The Bertz CT molecular complexity index is 1610. The van der Waals surface area contributed by atoms with Gasteiger partial charge in [0.15, 0.2) is 0 Å². The highest BCUT2D eigenvalue weighted by Crippen LogP contribution is 2.70. The third kappa shape index (κ3) is 1.94. The van der Waals surface area contributed by atoms with E-state index in [1.807, 2.05) is 0 Å². The summed E-state index contributed by atoms with van der Waals surface area (Å²) in [5.74, 6) is 3.54. The molecule has 0 saturated heterocycles. The van der Waals surface area contributed by atoms with Gasteiger partial charge in [-0.15, -0.1) is 0 Å². The Morgan fingerprint density at radius 2 is 1.33 bits per heavy atom. The molecule has 4 bridgehead atoms. The maximum atomic E-state index is 3.83. The number of nitrogens with one attached hydrogen (secondary N) is 1. The Labute approximate surface area is 193 Å². The highest BCUT2D eigenvalue weighted by molar-refractivity contribution is 6.16. The summed E-state index contributed by atoms with van der Waals surface area (Å²) in [6, 6.07) is 27.9. The minimum atomic E-state index is 0.208. The van der Waals surface area contributed by atoms with Crippen LogP contribution in [0.3, 0.4) is 0 Å². The van der Waals surface area contributed by atoms with Crippen LogP contribution in [0.4, 0.5) is 0 Å². The molecule has 4 aromatic carbocycles. The molecule has 5 aromatic rings. The van der Waals surface area contributed by atoms with Crippen LogP contribution >= 0.6 is 0 Å². The van der Waals surface area contributed by atoms with Gasteiger partial charge in [0.05, 0.1) is 0 Å². The van der Waals surface area contributed by atoms with Crippen molar-refractivity contribution in [1.29, 1.82) is 0 Å². The van der Waals surface area contributed by atoms with E-state index in [0.29, 0.717) is 0 Å². The number of hydrogen-bond donors (Lipinski definition) is 1. The van der Waals surface area contributed by atoms with Gasteiger partial charge in [0, 0.05) is 27.2 Å². The van der Waals surface area contributed by atoms with E-state index < -0.39 is 0 Å². The first-order chi connectivity index (χ1) is 16.3. The van der Waals surface area contributed by atoms with E-state index in [1.54, 1.807) is 11.1 Å². The number of benzene rings is 4. The number of aromatic amines is 1. The van der Waals surface area contributed by atoms with E-state index in [1.165, 1.54) is 75.8 Å². The van der Waals surface area contributed by atoms with Crippen molar-refractivity contribution in [3.63, 3.8) is 0 Å². The van der Waals surface area contributed by atoms with Crippen molar-refractivity contribution in [2.24, 2.45) is 23.7 Å². The molecule has 1 heteroatoms. The fraction of sp³-hybridized carbons (Fsp3) is 0.312. The molecule has 10 rings (SSSR count). The normalized spacial score (nSPS) is 31.2. The highest BCUT2D eigenvalue weighted by Gasteiger charge is 2.62. The third-order valence-corrected chi connectivity index (χ3v) is 10.1. The van der Waals surface area contributed by atoms with Crippen molar-refractivity contribution in [3.8, 4) is 11.1 Å². The molecule has 1 aromatic heterocycles. The molecule has 5 aliphatic rings. The zero-order valence-corrected chi connectivity index (χ0v) is 18.8. The molecular weight excluding hydrogens is 398 g/mol. The summed E-state index contributed by atoms with van der Waals surface area (Å²) in [5.41, 5.74) is 9.16. The smallest absolute Gasteiger partial charge is 0.0471 e. The molecule has 0 unspecified atom stereocenters. The Morgan fingerprint density at radius 1 is 0.636 bits per heavy atom. The minimum absolute atomic E-state index is 0.208. The first-order valence-corrected chi connectivity index (χ1v) is 12.9. The summed E-state index contributed by atoms with van der Waals surface area (Å²) >= 11 is 0. The second-order valence-corrected chi connectivity index (χ2v) is 11.5. The van der Waals surface area contributed by atoms with Crippen molar-refractivity contribution in [2.45, 2.75) is 37.5 Å². The molecule has 1 heterocycles. The van der Waals surface area contributed by atoms with Crippen LogP contribution in [-0.2, 0) is 5.41 Å². The summed E-state index contributed by atoms with van der Waals surface area (Å²) in [6.45, 7) is 0. The summed E-state index contributed by atoms with van der Waals surface area (Å²) in [4.78, 5) is 3.83. The van der Waals surface area contributed by atoms with Crippen molar-refractivity contribution >= 4 is 32.6 Å². The van der Waals surface area contributed by atoms with E-state index in [9.17, 15) is 0 Å². The van der Waals surface area contributed by atoms with Crippen LogP contribution in [0.2, 0.25) is 0 Å². The number of fused-ring (bicyclic) bond motifs is 8. The van der Waals surface area contributed by atoms with Crippen LogP contribution < -0.4 is 0 Å². The van der Waals surface area contributed by atoms with E-state index in [-0.39, 0.29) is 5.41 Å². The van der Waals surface area contributed by atoms with Gasteiger partial charge in [-0.3, -0.25) is 0 Å². The lowest BCUT2D eigenvalue weighted by Gasteiger charge is -2.61. The molecule has 5 aliphatic carbocycles. The Kier molecular flexibility index (Phi) is 3.01. The molecule has 0 radical (unpaired) electrons. The van der Waals surface area contributed by atoms with Gasteiger partial charge in [0.1, 0.15) is 0 Å². The predicted molar refractivity (Wildman–Crippen MR) is 137 cm³/mol. The average Bonchev–Trinajstić information content (AvgIpc) is 3.34. The monoisotopic (exact) mass is 425 g/mol. The quantitative estimate of drug-likeness (QED) is 0.257. The zero-order valence-electron chi connectivity index (χ0n) is 18.8. The van der Waals surface area contributed by atoms with Gasteiger partial charge >= 0.3 is 0 Å². The molecular formula is C32H27N. The van der Waals surface area contributed by atoms with Crippen molar-refractivity contribution in [1.82, 2.24) is 4.98 Å². The van der Waals surface area contributed by atoms with Gasteiger partial charge in [-0.05, 0) is 107 Å². The topological polar surface area (TPSA) is 15.8 Å². The van der Waals surface area contributed by atoms with E-state index in [2.05, 4.69) is 77.8 Å². The van der Waals surface area contributed by atoms with Gasteiger partial charge in [-0.2, -0.15) is 0 Å². The van der Waals surface area contributed by atoms with Crippen molar-refractivity contribution in [2.75, 3.05) is 0 Å². The first-order valence-electron chi connectivity index (χ1n) is 12.9. The van der Waals surface area contributed by atoms with Crippen molar-refractivity contribution in [3.05, 3.63) is 83.9 Å². The number of H-pyrrole nitrogens is 1. The average molecular weight is 426 g/mol. The van der Waals surface area contributed by atoms with Gasteiger partial charge in [-0.1, -0.05) is 54.6 Å². The van der Waals surface area contributed by atoms with Crippen LogP contribution in [0.5, 0.6) is 0 Å². The predicted octanol–water partition coefficient (Wildman–Crippen LogP) is 8.20. The van der Waals surface area contributed by atoms with Gasteiger partial charge in [-0.25, -0.2) is 0 Å². The molecule has 0 aliphatic heterocycles. The van der Waals surface area contributed by atoms with E-state index in [0.717, 1.165) is 23.7 Å². The molecule has 0 atom stereocenters. The van der Waals surface area contributed by atoms with Gasteiger partial charge in [0.2, 0.25) is 0 Å². The number of hydrogen-bond acceptors (Lipinski definition) is 0. The summed E-state index contributed by atoms with van der Waals surface area (Å²) < 4.78 is 0. The summed E-state index contributed by atoms with van der Waals surface area (Å²) in [5, 5.41) is 5.59. The summed E-state index contributed by atoms with van der Waals surface area (Å²) in [6.07, 6.45) is 7.23. The van der Waals surface area contributed by atoms with Crippen LogP contribution in [0, 0.1) is 23.7 Å². The maximum absolute atomic E-state index is 3.83. The Balaban J connectivity index is 1.46. The second kappa shape index (κ2) is 5.70. The van der Waals surface area contributed by atoms with Crippen LogP contribution in [-0.4, -0.2) is 4.98 Å². The lowest BCUT2D eigenvalue weighted by atomic mass is 9.43. The minimum Gasteiger partial charge on any atom is -0.354 e. The van der Waals surface area contributed by atoms with Crippen LogP contribution in [0.1, 0.15) is 43.2 Å². The highest BCUT2D eigenvalue weighted by atomic mass is 14.7. The van der Waals surface area contributed by atoms with Gasteiger partial charge < -0.3 is 4.98 Å². The molecule has 4 fully saturated rings. The molecule has 4 saturated carbocycles. The lowest BCUT2D eigenvalue weighted by molar-refractivity contribution is -0.0393. The molecule has 1 spiro atoms. The molecule has 160 valence electrons. The summed E-state index contributed by atoms with van der Waals surface area (Å²) in [7, 11) is 0. The largest absolute Gasteiger partial charge is 0.354 e. The van der Waals surface area contributed by atoms with Gasteiger partial charge in [0.25, 0.3) is 0 Å². The number of rotatable bonds is 0. The van der Waals surface area contributed by atoms with Crippen molar-refractivity contribution < 1.29 is 0 Å². The van der Waals surface area contributed by atoms with E-state index in [4.69, 9.17) is 0 Å². The molecule has 0 amide bonds. The first kappa shape index (κ1) is 17.4. The fourth-order valence-electron chi connectivity index (χ4n) is 9.33. The molecule has 1 nitrogen and oxygen atoms in total. The SMILES string of the molecule is c1ccc2c(c1)-c1ccc3[nH]c4cc5ccccc5cc4c3c1C21C2CC3CC(C2)CC1C3. The standard InChI is InChI=1S/C32H27N/c1-2-6-21-17-29-26(16-20(21)5-1)30-28(33-29)10-9-25-24-7-3-4-8-27(24)32(31(25)30)22-12-18-11-19(14-22)15-23(32)13-18/h1-10,16-19,22-23,33H,11-15H2. The molecule has 33 heavy (non-hydrogen) atoms. The Morgan fingerprint density at radius 3 is 2.12 bits per heavy atom. The number of aromatic nitrogens is 1. The molecule has 1 N–H and O–H groups in total. The Hall–Kier alpha value is -3.06. The van der Waals surface area contributed by atoms with E-state index >= 15 is 0 Å². The van der Waals surface area contributed by atoms with Crippen LogP contribution in [0.25, 0.3) is 43.7 Å². The lowest BCUT2D eigenvalue weighted by Crippen LogP contribution is -2.55. The second-order valence-electron chi connectivity index (χ2n) is 11.5. The van der Waals surface area contributed by atoms with Crippen LogP contribution in [0.15, 0.2) is 72.8 Å². The third-order valence-electron chi connectivity index (χ3n) is 10.1.